The van der Waals surface area contributed by atoms with Crippen LogP contribution >= 0.6 is 0 Å². The number of aryl methyl sites for hydroxylation is 1. The third-order valence-corrected chi connectivity index (χ3v) is 6.34. The van der Waals surface area contributed by atoms with E-state index >= 15 is 0 Å². The van der Waals surface area contributed by atoms with Crippen LogP contribution < -0.4 is 9.80 Å². The van der Waals surface area contributed by atoms with E-state index in [4.69, 9.17) is 0 Å². The topological polar surface area (TPSA) is 57.0 Å². The number of carbonyl (C=O) groups is 1. The summed E-state index contributed by atoms with van der Waals surface area (Å²) in [7, 11) is 0. The molecule has 0 bridgehead atoms. The SMILES string of the molecule is Cc1ccc(N2CCN(C(=O)[C@H]3CCCN(c4nnc5ccccn45)C3)CC2)cc1. The number of aromatic nitrogens is 3. The molecule has 30 heavy (non-hydrogen) atoms. The number of amides is 1. The van der Waals surface area contributed by atoms with Crippen LogP contribution in [0.1, 0.15) is 18.4 Å². The number of anilines is 2. The molecule has 7 heteroatoms. The van der Waals surface area contributed by atoms with Gasteiger partial charge in [-0.3, -0.25) is 9.20 Å². The van der Waals surface area contributed by atoms with Crippen LogP contribution in [-0.2, 0) is 4.79 Å². The van der Waals surface area contributed by atoms with E-state index in [-0.39, 0.29) is 11.8 Å². The second kappa shape index (κ2) is 7.97. The normalized spacial score (nSPS) is 20.0. The van der Waals surface area contributed by atoms with Crippen molar-refractivity contribution in [1.82, 2.24) is 19.5 Å². The molecule has 5 rings (SSSR count). The van der Waals surface area contributed by atoms with Crippen LogP contribution in [0.5, 0.6) is 0 Å². The van der Waals surface area contributed by atoms with Gasteiger partial charge in [0.05, 0.1) is 5.92 Å². The van der Waals surface area contributed by atoms with E-state index in [2.05, 4.69) is 56.1 Å². The molecule has 1 atom stereocenters. The van der Waals surface area contributed by atoms with E-state index in [9.17, 15) is 4.79 Å². The molecule has 2 aliphatic rings. The highest BCUT2D eigenvalue weighted by Crippen LogP contribution is 2.25. The van der Waals surface area contributed by atoms with Crippen molar-refractivity contribution in [2.45, 2.75) is 19.8 Å². The summed E-state index contributed by atoms with van der Waals surface area (Å²) in [6, 6.07) is 14.6. The maximum absolute atomic E-state index is 13.3. The van der Waals surface area contributed by atoms with E-state index in [1.54, 1.807) is 0 Å². The maximum Gasteiger partial charge on any atom is 0.231 e. The summed E-state index contributed by atoms with van der Waals surface area (Å²) in [5.41, 5.74) is 3.36. The number of carbonyl (C=O) groups excluding carboxylic acids is 1. The first-order valence-electron chi connectivity index (χ1n) is 10.8. The van der Waals surface area contributed by atoms with E-state index in [1.807, 2.05) is 28.8 Å². The Labute approximate surface area is 176 Å². The number of piperidine rings is 1. The third kappa shape index (κ3) is 3.60. The van der Waals surface area contributed by atoms with Crippen molar-refractivity contribution in [3.63, 3.8) is 0 Å². The average Bonchev–Trinajstić information content (AvgIpc) is 3.24. The molecular weight excluding hydrogens is 376 g/mol. The molecule has 156 valence electrons. The zero-order valence-electron chi connectivity index (χ0n) is 17.4. The molecule has 2 saturated heterocycles. The van der Waals surface area contributed by atoms with Gasteiger partial charge in [0.25, 0.3) is 0 Å². The Morgan fingerprint density at radius 1 is 0.933 bits per heavy atom. The fourth-order valence-electron chi connectivity index (χ4n) is 4.60. The quantitative estimate of drug-likeness (QED) is 0.672. The first kappa shape index (κ1) is 18.9. The smallest absolute Gasteiger partial charge is 0.231 e. The number of rotatable bonds is 3. The first-order valence-corrected chi connectivity index (χ1v) is 10.8. The van der Waals surface area contributed by atoms with Crippen LogP contribution in [0.2, 0.25) is 0 Å². The molecule has 2 aromatic heterocycles. The summed E-state index contributed by atoms with van der Waals surface area (Å²) in [5.74, 6) is 1.16. The zero-order valence-corrected chi connectivity index (χ0v) is 17.4. The van der Waals surface area contributed by atoms with Gasteiger partial charge >= 0.3 is 0 Å². The van der Waals surface area contributed by atoms with Gasteiger partial charge in [-0.25, -0.2) is 0 Å². The molecule has 2 fully saturated rings. The van der Waals surface area contributed by atoms with Crippen LogP contribution in [-0.4, -0.2) is 64.7 Å². The molecule has 4 heterocycles. The summed E-state index contributed by atoms with van der Waals surface area (Å²) < 4.78 is 2.01. The number of hydrogen-bond acceptors (Lipinski definition) is 5. The maximum atomic E-state index is 13.3. The number of pyridine rings is 1. The number of nitrogens with zero attached hydrogens (tertiary/aromatic N) is 6. The second-order valence-electron chi connectivity index (χ2n) is 8.36. The van der Waals surface area contributed by atoms with Crippen molar-refractivity contribution in [3.8, 4) is 0 Å². The van der Waals surface area contributed by atoms with Crippen molar-refractivity contribution in [3.05, 3.63) is 54.2 Å². The Morgan fingerprint density at radius 3 is 2.53 bits per heavy atom. The summed E-state index contributed by atoms with van der Waals surface area (Å²) in [6.45, 7) is 7.10. The van der Waals surface area contributed by atoms with Gasteiger partial charge in [-0.2, -0.15) is 0 Å². The Hall–Kier alpha value is -3.09. The van der Waals surface area contributed by atoms with Gasteiger partial charge in [0, 0.05) is 51.2 Å². The number of fused-ring (bicyclic) bond motifs is 1. The van der Waals surface area contributed by atoms with Crippen molar-refractivity contribution < 1.29 is 4.79 Å². The van der Waals surface area contributed by atoms with Gasteiger partial charge in [0.1, 0.15) is 0 Å². The minimum absolute atomic E-state index is 0.0285. The molecule has 1 amide bonds. The van der Waals surface area contributed by atoms with Crippen LogP contribution in [0.15, 0.2) is 48.7 Å². The highest BCUT2D eigenvalue weighted by Gasteiger charge is 2.32. The standard InChI is InChI=1S/C23H28N6O/c1-18-7-9-20(10-8-18)26-13-15-27(16-14-26)22(30)19-5-4-11-28(17-19)23-25-24-21-6-2-3-12-29(21)23/h2-3,6-10,12,19H,4-5,11,13-17H2,1H3/t19-/m0/s1. The summed E-state index contributed by atoms with van der Waals surface area (Å²) in [6.07, 6.45) is 3.94. The van der Waals surface area contributed by atoms with E-state index in [0.29, 0.717) is 6.54 Å². The average molecular weight is 405 g/mol. The molecule has 0 radical (unpaired) electrons. The predicted molar refractivity (Wildman–Crippen MR) is 118 cm³/mol. The van der Waals surface area contributed by atoms with Gasteiger partial charge < -0.3 is 14.7 Å². The fourth-order valence-corrected chi connectivity index (χ4v) is 4.60. The lowest BCUT2D eigenvalue weighted by atomic mass is 9.96. The van der Waals surface area contributed by atoms with E-state index < -0.39 is 0 Å². The summed E-state index contributed by atoms with van der Waals surface area (Å²) >= 11 is 0. The molecule has 0 aliphatic carbocycles. The molecule has 7 nitrogen and oxygen atoms in total. The van der Waals surface area contributed by atoms with Crippen molar-refractivity contribution in [2.24, 2.45) is 5.92 Å². The van der Waals surface area contributed by atoms with Gasteiger partial charge in [-0.05, 0) is 44.0 Å². The first-order chi connectivity index (χ1) is 14.7. The Balaban J connectivity index is 1.23. The molecule has 2 aliphatic heterocycles. The van der Waals surface area contributed by atoms with Gasteiger partial charge in [-0.15, -0.1) is 10.2 Å². The molecule has 0 saturated carbocycles. The molecule has 0 unspecified atom stereocenters. The number of benzene rings is 1. The van der Waals surface area contributed by atoms with Crippen LogP contribution in [0.4, 0.5) is 11.6 Å². The highest BCUT2D eigenvalue weighted by atomic mass is 16.2. The van der Waals surface area contributed by atoms with Gasteiger partial charge in [0.15, 0.2) is 5.65 Å². The largest absolute Gasteiger partial charge is 0.368 e. The Kier molecular flexibility index (Phi) is 5.02. The minimum atomic E-state index is 0.0285. The molecular formula is C23H28N6O. The lowest BCUT2D eigenvalue weighted by Crippen LogP contribution is -2.52. The van der Waals surface area contributed by atoms with Crippen LogP contribution in [0, 0.1) is 12.8 Å². The second-order valence-corrected chi connectivity index (χ2v) is 8.36. The minimum Gasteiger partial charge on any atom is -0.368 e. The summed E-state index contributed by atoms with van der Waals surface area (Å²) in [5, 5.41) is 8.65. The number of hydrogen-bond donors (Lipinski definition) is 0. The lowest BCUT2D eigenvalue weighted by Gasteiger charge is -2.39. The Morgan fingerprint density at radius 2 is 1.73 bits per heavy atom. The predicted octanol–water partition coefficient (Wildman–Crippen LogP) is 2.60. The Bertz CT molecular complexity index is 1020. The van der Waals surface area contributed by atoms with Crippen molar-refractivity contribution >= 4 is 23.2 Å². The van der Waals surface area contributed by atoms with Crippen molar-refractivity contribution in [1.29, 1.82) is 0 Å². The molecule has 0 N–H and O–H groups in total. The van der Waals surface area contributed by atoms with Crippen LogP contribution in [0.25, 0.3) is 5.65 Å². The third-order valence-electron chi connectivity index (χ3n) is 6.34. The monoisotopic (exact) mass is 404 g/mol. The van der Waals surface area contributed by atoms with E-state index in [1.165, 1.54) is 11.3 Å². The summed E-state index contributed by atoms with van der Waals surface area (Å²) in [4.78, 5) is 19.9. The van der Waals surface area contributed by atoms with E-state index in [0.717, 1.165) is 57.2 Å². The molecule has 0 spiro atoms. The van der Waals surface area contributed by atoms with Crippen LogP contribution in [0.3, 0.4) is 0 Å². The number of piperazine rings is 1. The lowest BCUT2D eigenvalue weighted by molar-refractivity contribution is -0.136. The van der Waals surface area contributed by atoms with Crippen molar-refractivity contribution in [2.75, 3.05) is 49.1 Å². The fraction of sp³-hybridized carbons (Fsp3) is 0.435. The van der Waals surface area contributed by atoms with Gasteiger partial charge in [0.2, 0.25) is 11.9 Å². The highest BCUT2D eigenvalue weighted by molar-refractivity contribution is 5.80. The molecule has 3 aromatic rings. The molecule has 1 aromatic carbocycles. The van der Waals surface area contributed by atoms with Gasteiger partial charge in [-0.1, -0.05) is 23.8 Å². The zero-order chi connectivity index (χ0) is 20.5.